The maximum Gasteiger partial charge on any atom is 0.326 e. The molecule has 4 amide bonds. The highest BCUT2D eigenvalue weighted by atomic mass is 16.4. The lowest BCUT2D eigenvalue weighted by Crippen LogP contribution is -2.59. The minimum atomic E-state index is -1.44. The first-order chi connectivity index (χ1) is 32.9. The Balaban J connectivity index is 2.67. The van der Waals surface area contributed by atoms with Gasteiger partial charge in [-0.25, -0.2) is 4.79 Å². The van der Waals surface area contributed by atoms with Crippen molar-refractivity contribution in [3.63, 3.8) is 0 Å². The van der Waals surface area contributed by atoms with Crippen LogP contribution in [-0.2, 0) is 59.2 Å². The van der Waals surface area contributed by atoms with Crippen molar-refractivity contribution in [1.82, 2.24) is 31.9 Å². The molecule has 70 heavy (non-hydrogen) atoms. The lowest BCUT2D eigenvalue weighted by Gasteiger charge is -2.29. The number of nitrogens with one attached hydrogen (secondary N) is 6. The number of hydrogen-bond donors (Lipinski definition) is 10. The van der Waals surface area contributed by atoms with E-state index in [1.165, 1.54) is 32.9 Å². The molecule has 1 rings (SSSR count). The van der Waals surface area contributed by atoms with E-state index in [0.29, 0.717) is 37.7 Å². The van der Waals surface area contributed by atoms with E-state index < -0.39 is 101 Å². The molecule has 392 valence electrons. The number of carbonyl (C=O) groups excluding carboxylic acids is 8. The van der Waals surface area contributed by atoms with Crippen molar-refractivity contribution in [2.24, 2.45) is 11.8 Å². The summed E-state index contributed by atoms with van der Waals surface area (Å²) in [5.41, 5.74) is -0.719. The Morgan fingerprint density at radius 1 is 0.614 bits per heavy atom. The molecule has 0 saturated heterocycles. The van der Waals surface area contributed by atoms with Crippen LogP contribution in [0.25, 0.3) is 0 Å². The molecular weight excluding hydrogens is 913 g/mol. The molecule has 0 unspecified atom stereocenters. The van der Waals surface area contributed by atoms with Crippen molar-refractivity contribution < 1.29 is 73.2 Å². The Morgan fingerprint density at radius 3 is 1.77 bits per heavy atom. The van der Waals surface area contributed by atoms with Crippen LogP contribution in [0.4, 0.5) is 0 Å². The molecule has 1 aromatic carbocycles. The lowest BCUT2D eigenvalue weighted by atomic mass is 9.94. The van der Waals surface area contributed by atoms with Gasteiger partial charge in [-0.1, -0.05) is 45.7 Å². The van der Waals surface area contributed by atoms with Crippen molar-refractivity contribution in [2.75, 3.05) is 19.6 Å². The Bertz CT molecular complexity index is 1940. The number of phenols is 1. The fourth-order valence-electron chi connectivity index (χ4n) is 7.40. The number of benzene rings is 1. The number of carboxylic acid groups (broad SMARTS) is 3. The zero-order valence-corrected chi connectivity index (χ0v) is 41.5. The molecule has 6 atom stereocenters. The molecule has 10 N–H and O–H groups in total. The first kappa shape index (κ1) is 61.9. The van der Waals surface area contributed by atoms with E-state index in [1.807, 2.05) is 6.92 Å². The van der Waals surface area contributed by atoms with Crippen LogP contribution < -0.4 is 31.9 Å². The van der Waals surface area contributed by atoms with E-state index in [2.05, 4.69) is 31.9 Å². The molecule has 21 nitrogen and oxygen atoms in total. The van der Waals surface area contributed by atoms with Crippen molar-refractivity contribution >= 4 is 64.7 Å². The average Bonchev–Trinajstić information content (AvgIpc) is 3.29. The van der Waals surface area contributed by atoms with Crippen LogP contribution in [0.3, 0.4) is 0 Å². The third-order valence-electron chi connectivity index (χ3n) is 11.9. The van der Waals surface area contributed by atoms with Crippen molar-refractivity contribution in [1.29, 1.82) is 0 Å². The van der Waals surface area contributed by atoms with Crippen LogP contribution in [0.5, 0.6) is 5.75 Å². The second-order valence-corrected chi connectivity index (χ2v) is 18.1. The van der Waals surface area contributed by atoms with Gasteiger partial charge >= 0.3 is 17.9 Å². The number of amides is 4. The summed E-state index contributed by atoms with van der Waals surface area (Å²) in [4.78, 5) is 137. The minimum absolute atomic E-state index is 0.00908. The molecule has 0 fully saturated rings. The Labute approximate surface area is 409 Å². The molecule has 0 aliphatic carbocycles. The number of carbonyl (C=O) groups is 11. The molecule has 0 heterocycles. The number of phenolic OH excluding ortho intramolecular Hbond substituents is 1. The van der Waals surface area contributed by atoms with E-state index >= 15 is 0 Å². The van der Waals surface area contributed by atoms with Gasteiger partial charge in [0.1, 0.15) is 29.4 Å². The number of unbranched alkanes of at least 4 members (excludes halogenated alkanes) is 2. The van der Waals surface area contributed by atoms with Crippen LogP contribution in [0.2, 0.25) is 0 Å². The van der Waals surface area contributed by atoms with Gasteiger partial charge in [-0.2, -0.15) is 0 Å². The molecular formula is C49H76N6O15. The molecule has 1 aromatic rings. The van der Waals surface area contributed by atoms with E-state index in [1.54, 1.807) is 26.0 Å². The van der Waals surface area contributed by atoms with E-state index in [0.717, 1.165) is 6.42 Å². The maximum atomic E-state index is 13.5. The quantitative estimate of drug-likeness (QED) is 0.0424. The molecule has 0 radical (unpaired) electrons. The van der Waals surface area contributed by atoms with Gasteiger partial charge in [0.25, 0.3) is 0 Å². The second kappa shape index (κ2) is 32.7. The zero-order valence-electron chi connectivity index (χ0n) is 41.5. The van der Waals surface area contributed by atoms with Crippen molar-refractivity contribution in [2.45, 2.75) is 174 Å². The fourth-order valence-corrected chi connectivity index (χ4v) is 7.40. The first-order valence-electron chi connectivity index (χ1n) is 24.1. The average molecular weight is 989 g/mol. The molecule has 0 aliphatic heterocycles. The van der Waals surface area contributed by atoms with Crippen LogP contribution in [0.1, 0.15) is 143 Å². The van der Waals surface area contributed by atoms with Gasteiger partial charge in [0.15, 0.2) is 11.6 Å². The normalized spacial score (nSPS) is 13.9. The third-order valence-corrected chi connectivity index (χ3v) is 11.9. The Hall–Kier alpha value is -6.09. The molecule has 0 aromatic heterocycles. The van der Waals surface area contributed by atoms with Gasteiger partial charge in [-0.15, -0.1) is 0 Å². The highest BCUT2D eigenvalue weighted by Crippen LogP contribution is 2.17. The monoisotopic (exact) mass is 989 g/mol. The number of ketones is 4. The summed E-state index contributed by atoms with van der Waals surface area (Å²) in [5.74, 6) is -9.30. The number of aliphatic carboxylic acids is 3. The number of hydrogen-bond acceptors (Lipinski definition) is 14. The van der Waals surface area contributed by atoms with Gasteiger partial charge in [0.2, 0.25) is 23.6 Å². The number of Topliss-reactive ketones (excluding diaryl/α,β-unsaturated/α-hetero) is 4. The summed E-state index contributed by atoms with van der Waals surface area (Å²) >= 11 is 0. The standard InChI is InChI=1S/C49H76N6O15/c1-7-10-13-37(52-29-42(61)49(5,6)55-45(64)39(53-30(4)56)26-31-15-19-34(57)20-16-31)41(60)28-51-36(40(59)9-3)14-11-12-25-50-43(62)23-18-33(47(67)68)27-35(58)21-22-38(48(69)70)54-44(63)24-17-32(8-2)46(65)66/h15-16,19-20,32-33,36-39,51-52,57H,7-14,17-18,21-29H2,1-6H3,(H,50,62)(H,53,56)(H,54,63)(H,55,64)(H,65,66)(H,67,68)(H,69,70)/t32-,33+,36-,37-,38-,39+/m0/s1. The van der Waals surface area contributed by atoms with Gasteiger partial charge < -0.3 is 52.3 Å². The topological polar surface area (TPSA) is 341 Å². The van der Waals surface area contributed by atoms with E-state index in [4.69, 9.17) is 5.11 Å². The minimum Gasteiger partial charge on any atom is -0.508 e. The predicted molar refractivity (Wildman–Crippen MR) is 256 cm³/mol. The summed E-state index contributed by atoms with van der Waals surface area (Å²) in [6.07, 6.45) is 2.03. The second-order valence-electron chi connectivity index (χ2n) is 18.1. The number of rotatable bonds is 39. The highest BCUT2D eigenvalue weighted by Gasteiger charge is 2.34. The van der Waals surface area contributed by atoms with Gasteiger partial charge in [-0.05, 0) is 82.9 Å². The van der Waals surface area contributed by atoms with Crippen molar-refractivity contribution in [3.8, 4) is 5.75 Å². The van der Waals surface area contributed by atoms with Gasteiger partial charge in [0.05, 0.1) is 42.5 Å². The van der Waals surface area contributed by atoms with Crippen LogP contribution >= 0.6 is 0 Å². The molecule has 0 spiro atoms. The maximum absolute atomic E-state index is 13.5. The molecule has 0 aliphatic rings. The van der Waals surface area contributed by atoms with Gasteiger partial charge in [0, 0.05) is 52.0 Å². The fraction of sp³-hybridized carbons (Fsp3) is 0.653. The van der Waals surface area contributed by atoms with Crippen LogP contribution in [-0.4, -0.2) is 134 Å². The van der Waals surface area contributed by atoms with Crippen molar-refractivity contribution in [3.05, 3.63) is 29.8 Å². The summed E-state index contributed by atoms with van der Waals surface area (Å²) in [7, 11) is 0. The van der Waals surface area contributed by atoms with Crippen LogP contribution in [0.15, 0.2) is 24.3 Å². The summed E-state index contributed by atoms with van der Waals surface area (Å²) < 4.78 is 0. The molecule has 0 saturated carbocycles. The Morgan fingerprint density at radius 2 is 1.20 bits per heavy atom. The van der Waals surface area contributed by atoms with E-state index in [9.17, 15) is 68.1 Å². The van der Waals surface area contributed by atoms with Gasteiger partial charge in [-0.3, -0.25) is 47.9 Å². The SMILES string of the molecule is CCCC[C@H](NCC(=O)C(C)(C)NC(=O)[C@@H](Cc1ccc(O)cc1)NC(C)=O)C(=O)CN[C@@H](CCCCNC(=O)CC[C@H](CC(=O)CC[C@H](NC(=O)CC[C@H](CC)C(=O)O)C(=O)O)C(=O)O)C(=O)CC. The lowest BCUT2D eigenvalue weighted by molar-refractivity contribution is -0.145. The van der Waals surface area contributed by atoms with Crippen LogP contribution in [0, 0.1) is 11.8 Å². The number of aromatic hydroxyl groups is 1. The summed E-state index contributed by atoms with van der Waals surface area (Å²) in [5, 5.41) is 54.4. The Kier molecular flexibility index (Phi) is 28.9. The smallest absolute Gasteiger partial charge is 0.326 e. The number of carboxylic acids is 3. The zero-order chi connectivity index (χ0) is 53.0. The molecule has 0 bridgehead atoms. The van der Waals surface area contributed by atoms with E-state index in [-0.39, 0.29) is 94.7 Å². The summed E-state index contributed by atoms with van der Waals surface area (Å²) in [6, 6.07) is 2.29. The third kappa shape index (κ3) is 25.0. The predicted octanol–water partition coefficient (Wildman–Crippen LogP) is 2.53. The highest BCUT2D eigenvalue weighted by molar-refractivity contribution is 5.96. The summed E-state index contributed by atoms with van der Waals surface area (Å²) in [6.45, 7) is 9.39. The largest absolute Gasteiger partial charge is 0.508 e. The first-order valence-corrected chi connectivity index (χ1v) is 24.1. The molecule has 21 heteroatoms.